The van der Waals surface area contributed by atoms with Crippen molar-refractivity contribution in [2.45, 2.75) is 38.1 Å². The van der Waals surface area contributed by atoms with Gasteiger partial charge in [0, 0.05) is 18.0 Å². The lowest BCUT2D eigenvalue weighted by Crippen LogP contribution is -2.44. The molecule has 4 heterocycles. The number of hydrogen-bond donors (Lipinski definition) is 1. The Hall–Kier alpha value is -3.62. The molecular formula is C21H20N6O3. The predicted molar refractivity (Wildman–Crippen MR) is 107 cm³/mol. The number of rotatable bonds is 4. The topological polar surface area (TPSA) is 110 Å². The summed E-state index contributed by atoms with van der Waals surface area (Å²) in [7, 11) is 0. The summed E-state index contributed by atoms with van der Waals surface area (Å²) in [6.07, 6.45) is 6.20. The van der Waals surface area contributed by atoms with Crippen molar-refractivity contribution in [3.63, 3.8) is 0 Å². The number of aromatic nitrogens is 4. The SMILES string of the molecule is Cc1nc2cccnc2n1-c1ccc(C(=O)CN2C(=O)NC3(CCCC3)C2=O)cn1. The lowest BCUT2D eigenvalue weighted by Gasteiger charge is -2.19. The smallest absolute Gasteiger partial charge is 0.323 e. The normalized spacial score (nSPS) is 17.8. The van der Waals surface area contributed by atoms with Gasteiger partial charge >= 0.3 is 6.03 Å². The fraction of sp³-hybridized carbons (Fsp3) is 0.333. The highest BCUT2D eigenvalue weighted by atomic mass is 16.2. The van der Waals surface area contributed by atoms with Crippen LogP contribution in [-0.4, -0.2) is 54.2 Å². The molecule has 0 unspecified atom stereocenters. The Morgan fingerprint density at radius 1 is 1.17 bits per heavy atom. The third-order valence-electron chi connectivity index (χ3n) is 5.89. The van der Waals surface area contributed by atoms with Crippen LogP contribution in [0.3, 0.4) is 0 Å². The molecule has 0 bridgehead atoms. The Bertz CT molecular complexity index is 1180. The predicted octanol–water partition coefficient (Wildman–Crippen LogP) is 2.17. The van der Waals surface area contributed by atoms with E-state index in [9.17, 15) is 14.4 Å². The minimum atomic E-state index is -0.813. The molecule has 3 aromatic rings. The fourth-order valence-corrected chi connectivity index (χ4v) is 4.36. The molecule has 3 aromatic heterocycles. The van der Waals surface area contributed by atoms with Crippen molar-refractivity contribution in [2.24, 2.45) is 0 Å². The summed E-state index contributed by atoms with van der Waals surface area (Å²) >= 11 is 0. The number of ketones is 1. The zero-order chi connectivity index (χ0) is 20.9. The van der Waals surface area contributed by atoms with Gasteiger partial charge in [-0.05, 0) is 44.0 Å². The Labute approximate surface area is 172 Å². The summed E-state index contributed by atoms with van der Waals surface area (Å²) in [6.45, 7) is 1.57. The first-order chi connectivity index (χ1) is 14.5. The minimum absolute atomic E-state index is 0.290. The van der Waals surface area contributed by atoms with Crippen LogP contribution < -0.4 is 5.32 Å². The van der Waals surface area contributed by atoms with Crippen molar-refractivity contribution < 1.29 is 14.4 Å². The summed E-state index contributed by atoms with van der Waals surface area (Å²) in [5.74, 6) is 0.689. The zero-order valence-corrected chi connectivity index (χ0v) is 16.5. The van der Waals surface area contributed by atoms with E-state index in [1.54, 1.807) is 18.3 Å². The van der Waals surface area contributed by atoms with E-state index < -0.39 is 11.6 Å². The van der Waals surface area contributed by atoms with Gasteiger partial charge in [-0.25, -0.2) is 19.7 Å². The molecule has 0 atom stereocenters. The molecule has 2 fully saturated rings. The summed E-state index contributed by atoms with van der Waals surface area (Å²) < 4.78 is 1.81. The molecule has 1 aliphatic heterocycles. The van der Waals surface area contributed by atoms with Crippen LogP contribution in [0.5, 0.6) is 0 Å². The average molecular weight is 404 g/mol. The van der Waals surface area contributed by atoms with Crippen LogP contribution in [0.1, 0.15) is 41.9 Å². The molecule has 1 aliphatic carbocycles. The summed E-state index contributed by atoms with van der Waals surface area (Å²) in [6, 6.07) is 6.55. The molecule has 1 saturated heterocycles. The van der Waals surface area contributed by atoms with E-state index in [0.29, 0.717) is 29.9 Å². The van der Waals surface area contributed by atoms with Gasteiger partial charge < -0.3 is 5.32 Å². The van der Waals surface area contributed by atoms with Gasteiger partial charge in [0.25, 0.3) is 5.91 Å². The second kappa shape index (κ2) is 6.72. The third kappa shape index (κ3) is 2.77. The maximum Gasteiger partial charge on any atom is 0.325 e. The monoisotopic (exact) mass is 404 g/mol. The van der Waals surface area contributed by atoms with Gasteiger partial charge in [-0.2, -0.15) is 0 Å². The van der Waals surface area contributed by atoms with Crippen LogP contribution in [0.4, 0.5) is 4.79 Å². The Morgan fingerprint density at radius 3 is 2.70 bits per heavy atom. The Kier molecular flexibility index (Phi) is 4.12. The first-order valence-corrected chi connectivity index (χ1v) is 9.92. The fourth-order valence-electron chi connectivity index (χ4n) is 4.36. The molecule has 9 nitrogen and oxygen atoms in total. The number of carbonyl (C=O) groups excluding carboxylic acids is 3. The zero-order valence-electron chi connectivity index (χ0n) is 16.5. The number of carbonyl (C=O) groups is 3. The maximum absolute atomic E-state index is 12.7. The van der Waals surface area contributed by atoms with Crippen molar-refractivity contribution in [2.75, 3.05) is 6.54 Å². The number of imide groups is 1. The first kappa shape index (κ1) is 18.4. The van der Waals surface area contributed by atoms with E-state index in [-0.39, 0.29) is 18.2 Å². The molecule has 9 heteroatoms. The lowest BCUT2D eigenvalue weighted by molar-refractivity contribution is -0.130. The molecule has 1 saturated carbocycles. The lowest BCUT2D eigenvalue weighted by atomic mass is 9.98. The number of hydrogen-bond acceptors (Lipinski definition) is 6. The molecule has 0 radical (unpaired) electrons. The van der Waals surface area contributed by atoms with Gasteiger partial charge in [-0.3, -0.25) is 19.1 Å². The van der Waals surface area contributed by atoms with E-state index >= 15 is 0 Å². The number of fused-ring (bicyclic) bond motifs is 1. The number of Topliss-reactive ketones (excluding diaryl/α,β-unsaturated/α-hetero) is 1. The molecule has 152 valence electrons. The van der Waals surface area contributed by atoms with E-state index in [4.69, 9.17) is 0 Å². The molecule has 1 spiro atoms. The van der Waals surface area contributed by atoms with Crippen LogP contribution in [0.25, 0.3) is 17.0 Å². The van der Waals surface area contributed by atoms with E-state index in [0.717, 1.165) is 29.1 Å². The summed E-state index contributed by atoms with van der Waals surface area (Å²) in [5, 5.41) is 2.79. The van der Waals surface area contributed by atoms with Gasteiger partial charge in [-0.1, -0.05) is 12.8 Å². The molecule has 30 heavy (non-hydrogen) atoms. The molecular weight excluding hydrogens is 384 g/mol. The summed E-state index contributed by atoms with van der Waals surface area (Å²) in [5.41, 5.74) is 0.966. The van der Waals surface area contributed by atoms with Gasteiger partial charge in [0.2, 0.25) is 0 Å². The number of pyridine rings is 2. The van der Waals surface area contributed by atoms with Crippen molar-refractivity contribution in [1.82, 2.24) is 29.7 Å². The summed E-state index contributed by atoms with van der Waals surface area (Å²) in [4.78, 5) is 52.0. The van der Waals surface area contributed by atoms with Crippen LogP contribution in [0.2, 0.25) is 0 Å². The largest absolute Gasteiger partial charge is 0.325 e. The van der Waals surface area contributed by atoms with E-state index in [1.807, 2.05) is 23.6 Å². The van der Waals surface area contributed by atoms with Crippen LogP contribution in [0, 0.1) is 6.92 Å². The van der Waals surface area contributed by atoms with Crippen LogP contribution >= 0.6 is 0 Å². The highest BCUT2D eigenvalue weighted by Gasteiger charge is 2.52. The van der Waals surface area contributed by atoms with Gasteiger partial charge in [-0.15, -0.1) is 0 Å². The minimum Gasteiger partial charge on any atom is -0.323 e. The highest BCUT2D eigenvalue weighted by Crippen LogP contribution is 2.35. The second-order valence-electron chi connectivity index (χ2n) is 7.78. The highest BCUT2D eigenvalue weighted by molar-refractivity contribution is 6.11. The third-order valence-corrected chi connectivity index (χ3v) is 5.89. The number of imidazole rings is 1. The maximum atomic E-state index is 12.7. The number of nitrogens with one attached hydrogen (secondary N) is 1. The molecule has 1 N–H and O–H groups in total. The molecule has 5 rings (SSSR count). The van der Waals surface area contributed by atoms with Crippen molar-refractivity contribution >= 4 is 28.9 Å². The second-order valence-corrected chi connectivity index (χ2v) is 7.78. The van der Waals surface area contributed by atoms with Crippen molar-refractivity contribution in [3.05, 3.63) is 48.0 Å². The number of aryl methyl sites for hydroxylation is 1. The average Bonchev–Trinajstić information content (AvgIpc) is 3.41. The molecule has 2 aliphatic rings. The molecule has 3 amide bonds. The standard InChI is InChI=1S/C21H20N6O3/c1-13-24-15-5-4-10-22-18(15)27(13)17-7-6-14(11-23-17)16(28)12-26-19(29)21(25-20(26)30)8-2-3-9-21/h4-7,10-11H,2-3,8-9,12H2,1H3,(H,25,30). The van der Waals surface area contributed by atoms with Crippen LogP contribution in [0.15, 0.2) is 36.7 Å². The quantitative estimate of drug-likeness (QED) is 0.527. The number of urea groups is 1. The van der Waals surface area contributed by atoms with Crippen molar-refractivity contribution in [3.8, 4) is 5.82 Å². The van der Waals surface area contributed by atoms with Gasteiger partial charge in [0.1, 0.15) is 22.7 Å². The first-order valence-electron chi connectivity index (χ1n) is 9.92. The molecule has 0 aromatic carbocycles. The van der Waals surface area contributed by atoms with E-state index in [1.165, 1.54) is 6.20 Å². The van der Waals surface area contributed by atoms with Gasteiger partial charge in [0.05, 0.1) is 6.54 Å². The van der Waals surface area contributed by atoms with Gasteiger partial charge in [0.15, 0.2) is 11.4 Å². The Balaban J connectivity index is 1.37. The number of amides is 3. The number of nitrogens with zero attached hydrogens (tertiary/aromatic N) is 5. The Morgan fingerprint density at radius 2 is 1.97 bits per heavy atom. The van der Waals surface area contributed by atoms with Crippen molar-refractivity contribution in [1.29, 1.82) is 0 Å². The van der Waals surface area contributed by atoms with E-state index in [2.05, 4.69) is 20.3 Å². The van der Waals surface area contributed by atoms with Crippen LogP contribution in [-0.2, 0) is 4.79 Å².